The van der Waals surface area contributed by atoms with Crippen molar-refractivity contribution in [3.8, 4) is 0 Å². The van der Waals surface area contributed by atoms with Crippen molar-refractivity contribution >= 4 is 50.7 Å². The lowest BCUT2D eigenvalue weighted by Crippen LogP contribution is -2.19. The normalized spacial score (nSPS) is 11.8. The molecule has 0 fully saturated rings. The lowest BCUT2D eigenvalue weighted by atomic mass is 10.3. The zero-order valence-electron chi connectivity index (χ0n) is 14.7. The minimum Gasteiger partial charge on any atom is -0.325 e. The Hall–Kier alpha value is -1.70. The van der Waals surface area contributed by atoms with Crippen LogP contribution in [-0.2, 0) is 14.8 Å². The predicted octanol–water partition coefficient (Wildman–Crippen LogP) is 4.61. The number of carbonyl (C=O) groups is 1. The second-order valence-electron chi connectivity index (χ2n) is 6.59. The van der Waals surface area contributed by atoms with Crippen molar-refractivity contribution in [2.75, 3.05) is 15.8 Å². The summed E-state index contributed by atoms with van der Waals surface area (Å²) in [6, 6.07) is 12.5. The van der Waals surface area contributed by atoms with Gasteiger partial charge in [-0.3, -0.25) is 9.52 Å². The molecule has 0 atom stereocenters. The molecule has 0 aliphatic heterocycles. The first-order valence-corrected chi connectivity index (χ1v) is 10.7. The summed E-state index contributed by atoms with van der Waals surface area (Å²) in [5, 5.41) is 3.25. The van der Waals surface area contributed by atoms with Crippen LogP contribution in [0, 0.1) is 0 Å². The molecule has 0 saturated heterocycles. The molecule has 0 unspecified atom stereocenters. The molecule has 2 rings (SSSR count). The number of hydrogen-bond acceptors (Lipinski definition) is 4. The molecule has 2 aromatic rings. The highest BCUT2D eigenvalue weighted by Crippen LogP contribution is 2.24. The van der Waals surface area contributed by atoms with E-state index in [9.17, 15) is 13.2 Å². The minimum absolute atomic E-state index is 0.0228. The maximum atomic E-state index is 12.5. The molecule has 1 amide bonds. The molecule has 26 heavy (non-hydrogen) atoms. The summed E-state index contributed by atoms with van der Waals surface area (Å²) in [6.45, 7) is 6.09. The topological polar surface area (TPSA) is 75.3 Å². The zero-order chi connectivity index (χ0) is 19.4. The first kappa shape index (κ1) is 20.6. The van der Waals surface area contributed by atoms with Crippen molar-refractivity contribution in [2.45, 2.75) is 30.4 Å². The summed E-state index contributed by atoms with van der Waals surface area (Å²) in [5.74, 6) is 0.119. The van der Waals surface area contributed by atoms with Crippen LogP contribution in [0.3, 0.4) is 0 Å². The van der Waals surface area contributed by atoms with Gasteiger partial charge in [-0.2, -0.15) is 0 Å². The van der Waals surface area contributed by atoms with Gasteiger partial charge in [0.1, 0.15) is 0 Å². The molecule has 2 N–H and O–H groups in total. The maximum Gasteiger partial charge on any atom is 0.261 e. The van der Waals surface area contributed by atoms with Crippen molar-refractivity contribution in [3.05, 3.63) is 53.6 Å². The highest BCUT2D eigenvalue weighted by molar-refractivity contribution is 8.01. The van der Waals surface area contributed by atoms with E-state index in [0.717, 1.165) is 0 Å². The van der Waals surface area contributed by atoms with Crippen molar-refractivity contribution in [3.63, 3.8) is 0 Å². The van der Waals surface area contributed by atoms with Gasteiger partial charge in [-0.1, -0.05) is 38.4 Å². The van der Waals surface area contributed by atoms with Gasteiger partial charge in [-0.15, -0.1) is 11.8 Å². The molecule has 0 spiro atoms. The summed E-state index contributed by atoms with van der Waals surface area (Å²) in [6.07, 6.45) is 0. The number of amides is 1. The second kappa shape index (κ2) is 8.33. The minimum atomic E-state index is -3.77. The van der Waals surface area contributed by atoms with Crippen LogP contribution in [0.2, 0.25) is 5.02 Å². The molecule has 140 valence electrons. The van der Waals surface area contributed by atoms with Gasteiger partial charge in [0.15, 0.2) is 0 Å². The summed E-state index contributed by atoms with van der Waals surface area (Å²) in [7, 11) is -3.77. The van der Waals surface area contributed by atoms with Crippen molar-refractivity contribution in [1.29, 1.82) is 0 Å². The lowest BCUT2D eigenvalue weighted by molar-refractivity contribution is -0.113. The van der Waals surface area contributed by atoms with E-state index in [4.69, 9.17) is 11.6 Å². The van der Waals surface area contributed by atoms with Crippen LogP contribution in [0.4, 0.5) is 11.4 Å². The van der Waals surface area contributed by atoms with Crippen LogP contribution >= 0.6 is 23.4 Å². The largest absolute Gasteiger partial charge is 0.325 e. The van der Waals surface area contributed by atoms with Crippen LogP contribution in [0.1, 0.15) is 20.8 Å². The Balaban J connectivity index is 2.09. The standard InChI is InChI=1S/C18H21ClN2O3S2/c1-18(2,3)25-12-17(22)20-15-5-4-6-16(11-15)26(23,24)21-14-9-7-13(19)8-10-14/h4-11,21H,12H2,1-3H3,(H,20,22). The van der Waals surface area contributed by atoms with Gasteiger partial charge in [-0.25, -0.2) is 8.42 Å². The Labute approximate surface area is 163 Å². The summed E-state index contributed by atoms with van der Waals surface area (Å²) in [5.41, 5.74) is 0.842. The number of thioether (sulfide) groups is 1. The Morgan fingerprint density at radius 1 is 1.08 bits per heavy atom. The number of hydrogen-bond donors (Lipinski definition) is 2. The van der Waals surface area contributed by atoms with E-state index in [2.05, 4.69) is 10.0 Å². The summed E-state index contributed by atoms with van der Waals surface area (Å²) in [4.78, 5) is 12.1. The fourth-order valence-corrected chi connectivity index (χ4v) is 3.82. The smallest absolute Gasteiger partial charge is 0.261 e. The van der Waals surface area contributed by atoms with Crippen molar-refractivity contribution in [1.82, 2.24) is 0 Å². The van der Waals surface area contributed by atoms with E-state index in [1.807, 2.05) is 20.8 Å². The average molecular weight is 413 g/mol. The van der Waals surface area contributed by atoms with Crippen molar-refractivity contribution in [2.24, 2.45) is 0 Å². The molecule has 0 radical (unpaired) electrons. The number of carbonyl (C=O) groups excluding carboxylic acids is 1. The third-order valence-electron chi connectivity index (χ3n) is 3.16. The van der Waals surface area contributed by atoms with Gasteiger partial charge in [0.05, 0.1) is 10.6 Å². The van der Waals surface area contributed by atoms with Crippen LogP contribution in [-0.4, -0.2) is 24.8 Å². The van der Waals surface area contributed by atoms with E-state index in [0.29, 0.717) is 22.2 Å². The van der Waals surface area contributed by atoms with Crippen LogP contribution in [0.25, 0.3) is 0 Å². The predicted molar refractivity (Wildman–Crippen MR) is 110 cm³/mol. The van der Waals surface area contributed by atoms with Crippen LogP contribution < -0.4 is 10.0 Å². The van der Waals surface area contributed by atoms with Crippen molar-refractivity contribution < 1.29 is 13.2 Å². The molecule has 0 aliphatic carbocycles. The van der Waals surface area contributed by atoms with Gasteiger partial charge < -0.3 is 5.32 Å². The molecular formula is C18H21ClN2O3S2. The van der Waals surface area contributed by atoms with Gasteiger partial charge in [0.25, 0.3) is 10.0 Å². The SMILES string of the molecule is CC(C)(C)SCC(=O)Nc1cccc(S(=O)(=O)Nc2ccc(Cl)cc2)c1. The molecule has 8 heteroatoms. The average Bonchev–Trinajstić information content (AvgIpc) is 2.55. The molecule has 0 saturated carbocycles. The number of nitrogens with one attached hydrogen (secondary N) is 2. The quantitative estimate of drug-likeness (QED) is 0.726. The van der Waals surface area contributed by atoms with E-state index < -0.39 is 10.0 Å². The van der Waals surface area contributed by atoms with E-state index in [1.54, 1.807) is 36.4 Å². The molecular weight excluding hydrogens is 392 g/mol. The van der Waals surface area contributed by atoms with E-state index in [1.165, 1.54) is 23.9 Å². The third-order valence-corrected chi connectivity index (χ3v) is 6.06. The maximum absolute atomic E-state index is 12.5. The number of rotatable bonds is 6. The molecule has 5 nitrogen and oxygen atoms in total. The van der Waals surface area contributed by atoms with Gasteiger partial charge in [0, 0.05) is 21.1 Å². The van der Waals surface area contributed by atoms with Crippen LogP contribution in [0.5, 0.6) is 0 Å². The highest BCUT2D eigenvalue weighted by atomic mass is 35.5. The zero-order valence-corrected chi connectivity index (χ0v) is 17.1. The van der Waals surface area contributed by atoms with Gasteiger partial charge in [0.2, 0.25) is 5.91 Å². The Morgan fingerprint density at radius 2 is 1.73 bits per heavy atom. The highest BCUT2D eigenvalue weighted by Gasteiger charge is 2.16. The lowest BCUT2D eigenvalue weighted by Gasteiger charge is -2.17. The monoisotopic (exact) mass is 412 g/mol. The molecule has 0 aromatic heterocycles. The molecule has 2 aromatic carbocycles. The first-order valence-electron chi connectivity index (χ1n) is 7.87. The molecule has 0 heterocycles. The molecule has 0 bridgehead atoms. The van der Waals surface area contributed by atoms with Gasteiger partial charge >= 0.3 is 0 Å². The van der Waals surface area contributed by atoms with E-state index >= 15 is 0 Å². The number of halogens is 1. The van der Waals surface area contributed by atoms with E-state index in [-0.39, 0.29) is 15.5 Å². The Kier molecular flexibility index (Phi) is 6.60. The van der Waals surface area contributed by atoms with Crippen LogP contribution in [0.15, 0.2) is 53.4 Å². The Morgan fingerprint density at radius 3 is 2.35 bits per heavy atom. The summed E-state index contributed by atoms with van der Waals surface area (Å²) < 4.78 is 27.5. The summed E-state index contributed by atoms with van der Waals surface area (Å²) >= 11 is 7.32. The second-order valence-corrected chi connectivity index (χ2v) is 10.5. The Bertz CT molecular complexity index is 876. The number of sulfonamides is 1. The third kappa shape index (κ3) is 6.55. The number of benzene rings is 2. The first-order chi connectivity index (χ1) is 12.0. The number of anilines is 2. The fourth-order valence-electron chi connectivity index (χ4n) is 1.95. The fraction of sp³-hybridized carbons (Fsp3) is 0.278. The molecule has 0 aliphatic rings. The van der Waals surface area contributed by atoms with Gasteiger partial charge in [-0.05, 0) is 42.5 Å².